The average molecular weight is 471 g/mol. The first-order valence-corrected chi connectivity index (χ1v) is 12.3. The number of anilines is 1. The summed E-state index contributed by atoms with van der Waals surface area (Å²) in [7, 11) is 3.88. The van der Waals surface area contributed by atoms with Gasteiger partial charge in [0.2, 0.25) is 5.91 Å². The van der Waals surface area contributed by atoms with Crippen molar-refractivity contribution in [3.63, 3.8) is 0 Å². The Bertz CT molecular complexity index is 1400. The van der Waals surface area contributed by atoms with Gasteiger partial charge in [-0.25, -0.2) is 14.6 Å². The highest BCUT2D eigenvalue weighted by atomic mass is 16.2. The first kappa shape index (κ1) is 21.8. The number of amides is 1. The number of carbonyl (C=O) groups excluding carboxylic acids is 1. The molecule has 1 aromatic carbocycles. The van der Waals surface area contributed by atoms with E-state index in [4.69, 9.17) is 10.1 Å². The number of aromatic nitrogens is 6. The molecule has 2 fully saturated rings. The van der Waals surface area contributed by atoms with Crippen molar-refractivity contribution in [1.82, 2.24) is 34.4 Å². The van der Waals surface area contributed by atoms with Gasteiger partial charge in [0.1, 0.15) is 17.8 Å². The van der Waals surface area contributed by atoms with Gasteiger partial charge < -0.3 is 9.80 Å². The van der Waals surface area contributed by atoms with E-state index in [1.165, 1.54) is 5.56 Å². The van der Waals surface area contributed by atoms with Crippen LogP contribution in [0, 0.1) is 6.92 Å². The Morgan fingerprint density at radius 2 is 1.83 bits per heavy atom. The highest BCUT2D eigenvalue weighted by Gasteiger charge is 2.34. The summed E-state index contributed by atoms with van der Waals surface area (Å²) in [5, 5.41) is 10.4. The van der Waals surface area contributed by atoms with Crippen molar-refractivity contribution in [3.05, 3.63) is 42.4 Å². The highest BCUT2D eigenvalue weighted by molar-refractivity contribution is 6.02. The number of hydrogen-bond donors (Lipinski definition) is 0. The van der Waals surface area contributed by atoms with Crippen molar-refractivity contribution in [3.8, 4) is 22.5 Å². The number of piperidine rings is 1. The number of benzene rings is 1. The van der Waals surface area contributed by atoms with E-state index in [2.05, 4.69) is 51.1 Å². The maximum absolute atomic E-state index is 12.5. The van der Waals surface area contributed by atoms with Crippen LogP contribution in [0.15, 0.2) is 36.8 Å². The standard InChI is InChI=1S/C26H30N8O/c1-17-7-9-18(10-8-17)24-20(14-29-31(24)2)23-22-25(32(3)30-23)27-16-28-26(22)33-13-11-19(15-33)34-12-5-4-6-21(34)35/h7-10,14,16,19H,4-6,11-13,15H2,1-3H3/t19-/m0/s1. The van der Waals surface area contributed by atoms with Crippen LogP contribution >= 0.6 is 0 Å². The molecule has 4 aromatic rings. The third kappa shape index (κ3) is 3.66. The van der Waals surface area contributed by atoms with E-state index >= 15 is 0 Å². The van der Waals surface area contributed by atoms with Crippen LogP contribution in [0.4, 0.5) is 5.82 Å². The van der Waals surface area contributed by atoms with Crippen LogP contribution < -0.4 is 4.90 Å². The molecule has 3 aromatic heterocycles. The molecule has 180 valence electrons. The lowest BCUT2D eigenvalue weighted by Crippen LogP contribution is -2.44. The zero-order valence-corrected chi connectivity index (χ0v) is 20.5. The summed E-state index contributed by atoms with van der Waals surface area (Å²) in [4.78, 5) is 26.2. The molecule has 9 nitrogen and oxygen atoms in total. The second kappa shape index (κ2) is 8.48. The first-order valence-electron chi connectivity index (χ1n) is 12.3. The molecule has 0 unspecified atom stereocenters. The van der Waals surface area contributed by atoms with Crippen molar-refractivity contribution in [2.45, 2.75) is 38.6 Å². The maximum Gasteiger partial charge on any atom is 0.222 e. The molecule has 2 aliphatic heterocycles. The molecular weight excluding hydrogens is 440 g/mol. The Kier molecular flexibility index (Phi) is 5.27. The minimum atomic E-state index is 0.231. The summed E-state index contributed by atoms with van der Waals surface area (Å²) in [6.45, 7) is 4.59. The monoisotopic (exact) mass is 470 g/mol. The van der Waals surface area contributed by atoms with Crippen LogP contribution in [0.25, 0.3) is 33.5 Å². The fourth-order valence-corrected chi connectivity index (χ4v) is 5.57. The minimum absolute atomic E-state index is 0.231. The molecule has 0 saturated carbocycles. The van der Waals surface area contributed by atoms with Gasteiger partial charge in [-0.3, -0.25) is 9.48 Å². The summed E-state index contributed by atoms with van der Waals surface area (Å²) in [6, 6.07) is 8.71. The summed E-state index contributed by atoms with van der Waals surface area (Å²) in [5.41, 5.74) is 5.90. The van der Waals surface area contributed by atoms with Gasteiger partial charge in [-0.15, -0.1) is 0 Å². The lowest BCUT2D eigenvalue weighted by molar-refractivity contribution is -0.135. The Morgan fingerprint density at radius 1 is 1.00 bits per heavy atom. The van der Waals surface area contributed by atoms with Gasteiger partial charge >= 0.3 is 0 Å². The van der Waals surface area contributed by atoms with Crippen LogP contribution in [-0.2, 0) is 18.9 Å². The lowest BCUT2D eigenvalue weighted by Gasteiger charge is -2.32. The van der Waals surface area contributed by atoms with Gasteiger partial charge in [0.15, 0.2) is 5.65 Å². The predicted octanol–water partition coefficient (Wildman–Crippen LogP) is 3.33. The van der Waals surface area contributed by atoms with Crippen LogP contribution in [0.1, 0.15) is 31.2 Å². The van der Waals surface area contributed by atoms with Crippen LogP contribution in [0.3, 0.4) is 0 Å². The van der Waals surface area contributed by atoms with Gasteiger partial charge in [-0.1, -0.05) is 29.8 Å². The summed E-state index contributed by atoms with van der Waals surface area (Å²) >= 11 is 0. The van der Waals surface area contributed by atoms with Gasteiger partial charge in [-0.05, 0) is 26.2 Å². The zero-order valence-electron chi connectivity index (χ0n) is 20.5. The maximum atomic E-state index is 12.5. The minimum Gasteiger partial charge on any atom is -0.354 e. The Balaban J connectivity index is 1.43. The number of nitrogens with zero attached hydrogens (tertiary/aromatic N) is 8. The third-order valence-corrected chi connectivity index (χ3v) is 7.38. The average Bonchev–Trinajstić information content (AvgIpc) is 3.58. The van der Waals surface area contributed by atoms with E-state index in [9.17, 15) is 4.79 Å². The van der Waals surface area contributed by atoms with Gasteiger partial charge in [0.25, 0.3) is 0 Å². The number of hydrogen-bond acceptors (Lipinski definition) is 6. The third-order valence-electron chi connectivity index (χ3n) is 7.38. The second-order valence-electron chi connectivity index (χ2n) is 9.70. The fourth-order valence-electron chi connectivity index (χ4n) is 5.57. The van der Waals surface area contributed by atoms with Crippen molar-refractivity contribution >= 4 is 22.8 Å². The van der Waals surface area contributed by atoms with E-state index < -0.39 is 0 Å². The second-order valence-corrected chi connectivity index (χ2v) is 9.70. The molecule has 1 atom stereocenters. The van der Waals surface area contributed by atoms with Crippen molar-refractivity contribution < 1.29 is 4.79 Å². The number of fused-ring (bicyclic) bond motifs is 1. The molecule has 2 aliphatic rings. The highest BCUT2D eigenvalue weighted by Crippen LogP contribution is 2.39. The van der Waals surface area contributed by atoms with Crippen molar-refractivity contribution in [2.24, 2.45) is 14.1 Å². The number of aryl methyl sites for hydroxylation is 3. The zero-order chi connectivity index (χ0) is 24.1. The van der Waals surface area contributed by atoms with Crippen LogP contribution in [0.2, 0.25) is 0 Å². The van der Waals surface area contributed by atoms with E-state index in [0.717, 1.165) is 78.3 Å². The molecule has 5 heterocycles. The molecule has 0 bridgehead atoms. The number of likely N-dealkylation sites (tertiary alicyclic amines) is 1. The van der Waals surface area contributed by atoms with Gasteiger partial charge in [0.05, 0.1) is 23.3 Å². The smallest absolute Gasteiger partial charge is 0.222 e. The van der Waals surface area contributed by atoms with Crippen molar-refractivity contribution in [1.29, 1.82) is 0 Å². The largest absolute Gasteiger partial charge is 0.354 e. The number of rotatable bonds is 4. The lowest BCUT2D eigenvalue weighted by atomic mass is 10.0. The summed E-state index contributed by atoms with van der Waals surface area (Å²) in [5.74, 6) is 1.17. The van der Waals surface area contributed by atoms with E-state index in [1.807, 2.05) is 29.7 Å². The van der Waals surface area contributed by atoms with Gasteiger partial charge in [-0.2, -0.15) is 10.2 Å². The fraction of sp³-hybridized carbons (Fsp3) is 0.423. The molecule has 0 N–H and O–H groups in total. The summed E-state index contributed by atoms with van der Waals surface area (Å²) in [6.07, 6.45) is 7.22. The molecule has 1 amide bonds. The van der Waals surface area contributed by atoms with Gasteiger partial charge in [0, 0.05) is 51.3 Å². The van der Waals surface area contributed by atoms with Crippen molar-refractivity contribution in [2.75, 3.05) is 24.5 Å². The topological polar surface area (TPSA) is 85.0 Å². The molecule has 0 aliphatic carbocycles. The predicted molar refractivity (Wildman–Crippen MR) is 135 cm³/mol. The Labute approximate surface area is 204 Å². The normalized spacial score (nSPS) is 18.7. The number of carbonyl (C=O) groups is 1. The Hall–Kier alpha value is -3.75. The summed E-state index contributed by atoms with van der Waals surface area (Å²) < 4.78 is 3.72. The molecular formula is C26H30N8O. The molecule has 0 spiro atoms. The van der Waals surface area contributed by atoms with E-state index in [-0.39, 0.29) is 11.9 Å². The quantitative estimate of drug-likeness (QED) is 0.455. The van der Waals surface area contributed by atoms with Crippen LogP contribution in [0.5, 0.6) is 0 Å². The first-order chi connectivity index (χ1) is 17.0. The van der Waals surface area contributed by atoms with E-state index in [1.54, 1.807) is 6.33 Å². The molecule has 0 radical (unpaired) electrons. The molecule has 9 heteroatoms. The molecule has 6 rings (SSSR count). The van der Waals surface area contributed by atoms with E-state index in [0.29, 0.717) is 6.42 Å². The Morgan fingerprint density at radius 3 is 2.63 bits per heavy atom. The van der Waals surface area contributed by atoms with Crippen LogP contribution in [-0.4, -0.2) is 66.0 Å². The molecule has 2 saturated heterocycles. The molecule has 35 heavy (non-hydrogen) atoms. The SMILES string of the molecule is Cc1ccc(-c2c(-c3nn(C)c4ncnc(N5CC[C@H](N6CCCCC6=O)C5)c34)cnn2C)cc1.